The summed E-state index contributed by atoms with van der Waals surface area (Å²) in [7, 11) is 0. The first-order valence-electron chi connectivity index (χ1n) is 9.70. The van der Waals surface area contributed by atoms with E-state index in [-0.39, 0.29) is 5.91 Å². The lowest BCUT2D eigenvalue weighted by Crippen LogP contribution is -2.31. The summed E-state index contributed by atoms with van der Waals surface area (Å²) in [6.07, 6.45) is 3.88. The highest BCUT2D eigenvalue weighted by Gasteiger charge is 2.23. The first-order chi connectivity index (χ1) is 14.9. The third-order valence-electron chi connectivity index (χ3n) is 5.07. The number of imidazole rings is 1. The zero-order valence-electron chi connectivity index (χ0n) is 16.6. The maximum atomic E-state index is 13.0. The minimum Gasteiger partial charge on any atom is -0.350 e. The van der Waals surface area contributed by atoms with E-state index in [2.05, 4.69) is 10.3 Å². The molecule has 2 aromatic carbocycles. The van der Waals surface area contributed by atoms with E-state index in [4.69, 9.17) is 39.8 Å². The Balaban J connectivity index is 1.70. The lowest BCUT2D eigenvalue weighted by Gasteiger charge is -2.18. The summed E-state index contributed by atoms with van der Waals surface area (Å²) in [6.45, 7) is 2.22. The van der Waals surface area contributed by atoms with Gasteiger partial charge < -0.3 is 9.88 Å². The molecule has 4 rings (SSSR count). The molecule has 1 atom stereocenters. The number of nitrogens with one attached hydrogen (secondary N) is 1. The van der Waals surface area contributed by atoms with Crippen LogP contribution in [0.25, 0.3) is 11.0 Å². The van der Waals surface area contributed by atoms with Crippen molar-refractivity contribution in [2.75, 3.05) is 0 Å². The largest absolute Gasteiger partial charge is 0.350 e. The summed E-state index contributed by atoms with van der Waals surface area (Å²) in [6, 6.07) is 14.3. The van der Waals surface area contributed by atoms with Crippen LogP contribution in [0.15, 0.2) is 60.9 Å². The molecule has 0 aliphatic rings. The Hall–Kier alpha value is -2.60. The summed E-state index contributed by atoms with van der Waals surface area (Å²) in [4.78, 5) is 21.8. The van der Waals surface area contributed by atoms with Crippen molar-refractivity contribution >= 4 is 51.7 Å². The van der Waals surface area contributed by atoms with Crippen LogP contribution in [0.4, 0.5) is 0 Å². The van der Waals surface area contributed by atoms with Crippen LogP contribution in [0, 0.1) is 0 Å². The van der Waals surface area contributed by atoms with E-state index in [0.29, 0.717) is 39.4 Å². The van der Waals surface area contributed by atoms with Gasteiger partial charge in [0, 0.05) is 30.4 Å². The van der Waals surface area contributed by atoms with Crippen LogP contribution >= 0.6 is 34.8 Å². The Kier molecular flexibility index (Phi) is 6.46. The van der Waals surface area contributed by atoms with Gasteiger partial charge in [-0.15, -0.1) is 0 Å². The van der Waals surface area contributed by atoms with E-state index in [9.17, 15) is 4.79 Å². The number of fused-ring (bicyclic) bond motifs is 1. The van der Waals surface area contributed by atoms with E-state index in [1.807, 2.05) is 47.9 Å². The number of nitrogens with zero attached hydrogens (tertiary/aromatic N) is 3. The van der Waals surface area contributed by atoms with Gasteiger partial charge in [0.15, 0.2) is 0 Å². The smallest absolute Gasteiger partial charge is 0.243 e. The van der Waals surface area contributed by atoms with Gasteiger partial charge >= 0.3 is 0 Å². The number of carbonyl (C=O) groups is 1. The van der Waals surface area contributed by atoms with Crippen LogP contribution < -0.4 is 5.32 Å². The van der Waals surface area contributed by atoms with E-state index < -0.39 is 6.04 Å². The molecular formula is C23H19Cl3N4O. The van der Waals surface area contributed by atoms with Crippen molar-refractivity contribution in [3.8, 4) is 0 Å². The molecular weight excluding hydrogens is 455 g/mol. The van der Waals surface area contributed by atoms with Crippen LogP contribution in [-0.4, -0.2) is 20.4 Å². The second kappa shape index (κ2) is 9.27. The molecule has 0 saturated carbocycles. The Morgan fingerprint density at radius 3 is 2.58 bits per heavy atom. The SMILES string of the molecule is C[C@@H](C(=O)NCc1cccnc1)n1c(Cc2ccccc2Cl)nc2cc(Cl)c(Cl)cc21. The number of rotatable bonds is 6. The highest BCUT2D eigenvalue weighted by molar-refractivity contribution is 6.42. The first-order valence-corrected chi connectivity index (χ1v) is 10.8. The van der Waals surface area contributed by atoms with Crippen molar-refractivity contribution in [2.24, 2.45) is 0 Å². The molecule has 1 N–H and O–H groups in total. The van der Waals surface area contributed by atoms with Crippen molar-refractivity contribution < 1.29 is 4.79 Å². The van der Waals surface area contributed by atoms with Crippen LogP contribution in [0.2, 0.25) is 15.1 Å². The fourth-order valence-corrected chi connectivity index (χ4v) is 3.98. The zero-order valence-corrected chi connectivity index (χ0v) is 18.9. The summed E-state index contributed by atoms with van der Waals surface area (Å²) in [5, 5.41) is 4.43. The van der Waals surface area contributed by atoms with Gasteiger partial charge in [0.1, 0.15) is 11.9 Å². The second-order valence-electron chi connectivity index (χ2n) is 7.18. The number of halogens is 3. The summed E-state index contributed by atoms with van der Waals surface area (Å²) in [5.74, 6) is 0.556. The van der Waals surface area contributed by atoms with Gasteiger partial charge in [-0.25, -0.2) is 4.98 Å². The van der Waals surface area contributed by atoms with Gasteiger partial charge in [-0.1, -0.05) is 59.1 Å². The normalized spacial score (nSPS) is 12.1. The van der Waals surface area contributed by atoms with Crippen LogP contribution in [0.3, 0.4) is 0 Å². The van der Waals surface area contributed by atoms with Gasteiger partial charge in [-0.05, 0) is 42.3 Å². The van der Waals surface area contributed by atoms with Crippen molar-refractivity contribution in [3.05, 3.63) is 92.9 Å². The quantitative estimate of drug-likeness (QED) is 0.381. The molecule has 4 aromatic rings. The van der Waals surface area contributed by atoms with E-state index in [1.54, 1.807) is 24.5 Å². The van der Waals surface area contributed by atoms with Crippen LogP contribution in [0.1, 0.15) is 29.9 Å². The monoisotopic (exact) mass is 472 g/mol. The molecule has 1 amide bonds. The standard InChI is InChI=1S/C23H19Cl3N4O/c1-14(23(31)28-13-15-5-4-8-27-12-15)30-21-11-19(26)18(25)10-20(21)29-22(30)9-16-6-2-3-7-17(16)24/h2-8,10-12,14H,9,13H2,1H3,(H,28,31)/t14-/m0/s1. The molecule has 0 bridgehead atoms. The number of hydrogen-bond donors (Lipinski definition) is 1. The van der Waals surface area contributed by atoms with Gasteiger partial charge in [-0.3, -0.25) is 9.78 Å². The van der Waals surface area contributed by atoms with Crippen LogP contribution in [-0.2, 0) is 17.8 Å². The number of hydrogen-bond acceptors (Lipinski definition) is 3. The third-order valence-corrected chi connectivity index (χ3v) is 6.16. The fraction of sp³-hybridized carbons (Fsp3) is 0.174. The fourth-order valence-electron chi connectivity index (χ4n) is 3.47. The summed E-state index contributed by atoms with van der Waals surface area (Å²) >= 11 is 18.9. The molecule has 0 saturated heterocycles. The topological polar surface area (TPSA) is 59.8 Å². The van der Waals surface area contributed by atoms with Crippen molar-refractivity contribution in [3.63, 3.8) is 0 Å². The molecule has 2 heterocycles. The minimum atomic E-state index is -0.531. The van der Waals surface area contributed by atoms with Gasteiger partial charge in [0.05, 0.1) is 21.1 Å². The van der Waals surface area contributed by atoms with E-state index in [0.717, 1.165) is 16.6 Å². The molecule has 158 valence electrons. The highest BCUT2D eigenvalue weighted by atomic mass is 35.5. The highest BCUT2D eigenvalue weighted by Crippen LogP contribution is 2.31. The molecule has 0 unspecified atom stereocenters. The number of benzene rings is 2. The second-order valence-corrected chi connectivity index (χ2v) is 8.40. The van der Waals surface area contributed by atoms with E-state index in [1.165, 1.54) is 0 Å². The Morgan fingerprint density at radius 2 is 1.84 bits per heavy atom. The average Bonchev–Trinajstić information content (AvgIpc) is 3.10. The predicted octanol–water partition coefficient (Wildman–Crippen LogP) is 5.86. The maximum absolute atomic E-state index is 13.0. The summed E-state index contributed by atoms with van der Waals surface area (Å²) in [5.41, 5.74) is 3.24. The van der Waals surface area contributed by atoms with Gasteiger partial charge in [0.25, 0.3) is 0 Å². The average molecular weight is 474 g/mol. The Bertz CT molecular complexity index is 1240. The minimum absolute atomic E-state index is 0.144. The number of carbonyl (C=O) groups excluding carboxylic acids is 1. The lowest BCUT2D eigenvalue weighted by molar-refractivity contribution is -0.124. The number of aromatic nitrogens is 3. The van der Waals surface area contributed by atoms with Crippen molar-refractivity contribution in [2.45, 2.75) is 25.9 Å². The number of amides is 1. The molecule has 5 nitrogen and oxygen atoms in total. The molecule has 0 aliphatic heterocycles. The van der Waals surface area contributed by atoms with Gasteiger partial charge in [0.2, 0.25) is 5.91 Å². The molecule has 8 heteroatoms. The van der Waals surface area contributed by atoms with E-state index >= 15 is 0 Å². The van der Waals surface area contributed by atoms with Gasteiger partial charge in [-0.2, -0.15) is 0 Å². The van der Waals surface area contributed by atoms with Crippen molar-refractivity contribution in [1.29, 1.82) is 0 Å². The number of pyridine rings is 1. The zero-order chi connectivity index (χ0) is 22.0. The molecule has 0 spiro atoms. The molecule has 0 fully saturated rings. The first kappa shape index (κ1) is 21.6. The van der Waals surface area contributed by atoms with Crippen LogP contribution in [0.5, 0.6) is 0 Å². The molecule has 0 aliphatic carbocycles. The molecule has 2 aromatic heterocycles. The Labute approximate surface area is 195 Å². The summed E-state index contributed by atoms with van der Waals surface area (Å²) < 4.78 is 1.89. The molecule has 31 heavy (non-hydrogen) atoms. The maximum Gasteiger partial charge on any atom is 0.243 e. The van der Waals surface area contributed by atoms with Crippen molar-refractivity contribution in [1.82, 2.24) is 19.9 Å². The lowest BCUT2D eigenvalue weighted by atomic mass is 10.1. The third kappa shape index (κ3) is 4.69. The Morgan fingerprint density at radius 1 is 1.06 bits per heavy atom. The predicted molar refractivity (Wildman–Crippen MR) is 125 cm³/mol. The molecule has 0 radical (unpaired) electrons.